The quantitative estimate of drug-likeness (QED) is 0.475. The number of aryl methyl sites for hydroxylation is 1. The van der Waals surface area contributed by atoms with Gasteiger partial charge in [0.15, 0.2) is 5.75 Å². The summed E-state index contributed by atoms with van der Waals surface area (Å²) in [5, 5.41) is 10.9. The molecule has 0 radical (unpaired) electrons. The molecule has 0 atom stereocenters. The van der Waals surface area contributed by atoms with E-state index in [2.05, 4.69) is 15.9 Å². The molecular weight excluding hydrogens is 294 g/mol. The topological polar surface area (TPSA) is 52.4 Å². The van der Waals surface area contributed by atoms with Crippen molar-refractivity contribution in [1.82, 2.24) is 0 Å². The van der Waals surface area contributed by atoms with Gasteiger partial charge in [0.05, 0.1) is 11.5 Å². The monoisotopic (exact) mass is 305 g/mol. The first-order valence-corrected chi connectivity index (χ1v) is 6.81. The smallest absolute Gasteiger partial charge is 0.312 e. The Morgan fingerprint density at radius 3 is 2.81 bits per heavy atom. The Balaban J connectivity index is 2.99. The standard InChI is InChI=1S/C10H12BrNO3S/c1-7-5-8(11)6-9(12(13)14)10(7)15-3-4-16-2/h5-6H,3-4H2,1-2H3. The van der Waals surface area contributed by atoms with Crippen molar-refractivity contribution >= 4 is 33.4 Å². The van der Waals surface area contributed by atoms with E-state index in [-0.39, 0.29) is 5.69 Å². The van der Waals surface area contributed by atoms with Gasteiger partial charge in [-0.05, 0) is 24.8 Å². The second kappa shape index (κ2) is 6.10. The molecule has 0 aliphatic heterocycles. The Labute approximate surface area is 107 Å². The predicted molar refractivity (Wildman–Crippen MR) is 69.4 cm³/mol. The van der Waals surface area contributed by atoms with Crippen molar-refractivity contribution in [2.45, 2.75) is 6.92 Å². The van der Waals surface area contributed by atoms with Gasteiger partial charge in [-0.15, -0.1) is 0 Å². The number of thioether (sulfide) groups is 1. The molecule has 0 spiro atoms. The molecule has 0 N–H and O–H groups in total. The van der Waals surface area contributed by atoms with E-state index >= 15 is 0 Å². The summed E-state index contributed by atoms with van der Waals surface area (Å²) in [6.07, 6.45) is 1.96. The van der Waals surface area contributed by atoms with Crippen LogP contribution in [-0.4, -0.2) is 23.5 Å². The molecule has 0 aliphatic carbocycles. The number of nitro benzene ring substituents is 1. The molecular formula is C10H12BrNO3S. The molecule has 0 amide bonds. The average Bonchev–Trinajstić information content (AvgIpc) is 2.20. The molecule has 1 rings (SSSR count). The van der Waals surface area contributed by atoms with Crippen molar-refractivity contribution in [2.24, 2.45) is 0 Å². The van der Waals surface area contributed by atoms with Gasteiger partial charge in [0, 0.05) is 16.3 Å². The molecule has 88 valence electrons. The maximum atomic E-state index is 10.9. The average molecular weight is 306 g/mol. The normalized spacial score (nSPS) is 10.2. The number of nitro groups is 1. The summed E-state index contributed by atoms with van der Waals surface area (Å²) in [7, 11) is 0. The van der Waals surface area contributed by atoms with E-state index in [9.17, 15) is 10.1 Å². The van der Waals surface area contributed by atoms with Crippen LogP contribution < -0.4 is 4.74 Å². The van der Waals surface area contributed by atoms with Crippen molar-refractivity contribution < 1.29 is 9.66 Å². The summed E-state index contributed by atoms with van der Waals surface area (Å²) in [6, 6.07) is 3.27. The van der Waals surface area contributed by atoms with Gasteiger partial charge in [-0.3, -0.25) is 10.1 Å². The van der Waals surface area contributed by atoms with Crippen LogP contribution >= 0.6 is 27.7 Å². The van der Waals surface area contributed by atoms with E-state index in [4.69, 9.17) is 4.74 Å². The minimum absolute atomic E-state index is 0.00739. The molecule has 0 saturated carbocycles. The van der Waals surface area contributed by atoms with Gasteiger partial charge < -0.3 is 4.74 Å². The lowest BCUT2D eigenvalue weighted by molar-refractivity contribution is -0.386. The molecule has 0 heterocycles. The van der Waals surface area contributed by atoms with Crippen LogP contribution in [0.1, 0.15) is 5.56 Å². The lowest BCUT2D eigenvalue weighted by Gasteiger charge is -2.09. The number of ether oxygens (including phenoxy) is 1. The van der Waals surface area contributed by atoms with Crippen LogP contribution in [0.3, 0.4) is 0 Å². The molecule has 4 nitrogen and oxygen atoms in total. The fourth-order valence-electron chi connectivity index (χ4n) is 1.26. The molecule has 0 bridgehead atoms. The molecule has 0 aromatic heterocycles. The molecule has 0 aliphatic rings. The first-order chi connectivity index (χ1) is 7.56. The van der Waals surface area contributed by atoms with Crippen molar-refractivity contribution in [3.05, 3.63) is 32.3 Å². The highest BCUT2D eigenvalue weighted by atomic mass is 79.9. The highest BCUT2D eigenvalue weighted by Crippen LogP contribution is 2.34. The summed E-state index contributed by atoms with van der Waals surface area (Å²) >= 11 is 4.87. The van der Waals surface area contributed by atoms with Crippen molar-refractivity contribution in [3.8, 4) is 5.75 Å². The Kier molecular flexibility index (Phi) is 5.08. The van der Waals surface area contributed by atoms with Gasteiger partial charge >= 0.3 is 5.69 Å². The first-order valence-electron chi connectivity index (χ1n) is 4.62. The molecule has 1 aromatic carbocycles. The van der Waals surface area contributed by atoms with Gasteiger partial charge in [-0.1, -0.05) is 15.9 Å². The molecule has 6 heteroatoms. The SMILES string of the molecule is CSCCOc1c(C)cc(Br)cc1[N+](=O)[O-]. The van der Waals surface area contributed by atoms with Gasteiger partial charge in [-0.25, -0.2) is 0 Å². The second-order valence-corrected chi connectivity index (χ2v) is 5.07. The molecule has 0 fully saturated rings. The summed E-state index contributed by atoms with van der Waals surface area (Å²) in [5.41, 5.74) is 0.773. The lowest BCUT2D eigenvalue weighted by Crippen LogP contribution is -2.04. The zero-order valence-corrected chi connectivity index (χ0v) is 11.4. The minimum atomic E-state index is -0.424. The van der Waals surface area contributed by atoms with E-state index in [0.717, 1.165) is 11.3 Å². The zero-order valence-electron chi connectivity index (χ0n) is 9.03. The number of hydrogen-bond donors (Lipinski definition) is 0. The van der Waals surface area contributed by atoms with E-state index in [1.807, 2.05) is 6.26 Å². The largest absolute Gasteiger partial charge is 0.486 e. The third-order valence-corrected chi connectivity index (χ3v) is 2.98. The minimum Gasteiger partial charge on any atom is -0.486 e. The van der Waals surface area contributed by atoms with Crippen LogP contribution in [-0.2, 0) is 0 Å². The predicted octanol–water partition coefficient (Wildman–Crippen LogP) is 3.41. The van der Waals surface area contributed by atoms with Crippen LogP contribution in [0.25, 0.3) is 0 Å². The van der Waals surface area contributed by atoms with Crippen LogP contribution in [0.15, 0.2) is 16.6 Å². The van der Waals surface area contributed by atoms with Crippen molar-refractivity contribution in [2.75, 3.05) is 18.6 Å². The maximum absolute atomic E-state index is 10.9. The summed E-state index contributed by atoms with van der Waals surface area (Å²) in [6.45, 7) is 2.27. The first kappa shape index (κ1) is 13.3. The maximum Gasteiger partial charge on any atom is 0.312 e. The third kappa shape index (κ3) is 3.38. The van der Waals surface area contributed by atoms with Crippen LogP contribution in [0.5, 0.6) is 5.75 Å². The zero-order chi connectivity index (χ0) is 12.1. The Morgan fingerprint density at radius 2 is 2.25 bits per heavy atom. The molecule has 0 unspecified atom stereocenters. The fraction of sp³-hybridized carbons (Fsp3) is 0.400. The van der Waals surface area contributed by atoms with Crippen LogP contribution in [0.2, 0.25) is 0 Å². The third-order valence-electron chi connectivity index (χ3n) is 1.95. The van der Waals surface area contributed by atoms with E-state index in [0.29, 0.717) is 16.8 Å². The second-order valence-electron chi connectivity index (χ2n) is 3.17. The lowest BCUT2D eigenvalue weighted by atomic mass is 10.2. The Hall–Kier alpha value is -0.750. The Bertz CT molecular complexity index is 398. The molecule has 16 heavy (non-hydrogen) atoms. The highest BCUT2D eigenvalue weighted by molar-refractivity contribution is 9.10. The van der Waals surface area contributed by atoms with E-state index in [1.54, 1.807) is 24.8 Å². The number of benzene rings is 1. The fourth-order valence-corrected chi connectivity index (χ4v) is 2.07. The number of halogens is 1. The summed E-state index contributed by atoms with van der Waals surface area (Å²) in [4.78, 5) is 10.4. The molecule has 0 saturated heterocycles. The molecule has 1 aromatic rings. The highest BCUT2D eigenvalue weighted by Gasteiger charge is 2.18. The van der Waals surface area contributed by atoms with Crippen LogP contribution in [0.4, 0.5) is 5.69 Å². The van der Waals surface area contributed by atoms with Gasteiger partial charge in [-0.2, -0.15) is 11.8 Å². The number of rotatable bonds is 5. The van der Waals surface area contributed by atoms with E-state index in [1.165, 1.54) is 6.07 Å². The van der Waals surface area contributed by atoms with Crippen molar-refractivity contribution in [3.63, 3.8) is 0 Å². The van der Waals surface area contributed by atoms with Crippen LogP contribution in [0, 0.1) is 17.0 Å². The number of nitrogens with zero attached hydrogens (tertiary/aromatic N) is 1. The number of hydrogen-bond acceptors (Lipinski definition) is 4. The summed E-state index contributed by atoms with van der Waals surface area (Å²) in [5.74, 6) is 1.18. The van der Waals surface area contributed by atoms with Gasteiger partial charge in [0.25, 0.3) is 0 Å². The summed E-state index contributed by atoms with van der Waals surface area (Å²) < 4.78 is 6.13. The van der Waals surface area contributed by atoms with Gasteiger partial charge in [0.1, 0.15) is 0 Å². The van der Waals surface area contributed by atoms with Crippen molar-refractivity contribution in [1.29, 1.82) is 0 Å². The Morgan fingerprint density at radius 1 is 1.56 bits per heavy atom. The van der Waals surface area contributed by atoms with Gasteiger partial charge in [0.2, 0.25) is 0 Å². The van der Waals surface area contributed by atoms with E-state index < -0.39 is 4.92 Å².